The Bertz CT molecular complexity index is 2920. The highest BCUT2D eigenvalue weighted by molar-refractivity contribution is 6.32. The van der Waals surface area contributed by atoms with Crippen molar-refractivity contribution in [3.8, 4) is 22.3 Å². The first-order valence-corrected chi connectivity index (χ1v) is 16.7. The van der Waals surface area contributed by atoms with Gasteiger partial charge in [0.1, 0.15) is 11.2 Å². The van der Waals surface area contributed by atoms with E-state index in [4.69, 9.17) is 8.83 Å². The fourth-order valence-electron chi connectivity index (χ4n) is 8.32. The van der Waals surface area contributed by atoms with Crippen molar-refractivity contribution in [1.29, 1.82) is 0 Å². The van der Waals surface area contributed by atoms with E-state index < -0.39 is 0 Å². The first kappa shape index (κ1) is 26.1. The molecule has 4 aromatic heterocycles. The van der Waals surface area contributed by atoms with Gasteiger partial charge in [0, 0.05) is 43.1 Å². The summed E-state index contributed by atoms with van der Waals surface area (Å²) in [5, 5.41) is 9.33. The Morgan fingerprint density at radius 2 is 0.958 bits per heavy atom. The first-order chi connectivity index (χ1) is 23.6. The minimum atomic E-state index is 0.369. The molecule has 0 amide bonds. The van der Waals surface area contributed by atoms with Crippen molar-refractivity contribution in [2.45, 2.75) is 19.8 Å². The fraction of sp³-hybridized carbons (Fsp3) is 0.0667. The summed E-state index contributed by atoms with van der Waals surface area (Å²) >= 11 is 0. The van der Waals surface area contributed by atoms with E-state index >= 15 is 0 Å². The molecule has 0 saturated carbocycles. The average molecular weight is 616 g/mol. The Hall–Kier alpha value is -6.06. The van der Waals surface area contributed by atoms with Crippen LogP contribution in [0.2, 0.25) is 0 Å². The van der Waals surface area contributed by atoms with Crippen molar-refractivity contribution in [1.82, 2.24) is 4.40 Å². The van der Waals surface area contributed by atoms with Crippen LogP contribution in [0.1, 0.15) is 25.3 Å². The second kappa shape index (κ2) is 9.27. The Morgan fingerprint density at radius 3 is 1.54 bits per heavy atom. The van der Waals surface area contributed by atoms with Gasteiger partial charge in [0.15, 0.2) is 11.2 Å². The zero-order valence-electron chi connectivity index (χ0n) is 26.5. The SMILES string of the molecule is CC(C)c1ccc(-c2ccccc2)cc1-c1cc2c3ccc4c5ccccc5oc4c3n3c2c(c1)c1ccc2c4ccccc4oc2c13. The molecule has 11 aromatic rings. The lowest BCUT2D eigenvalue weighted by molar-refractivity contribution is 0.670. The van der Waals surface area contributed by atoms with Crippen molar-refractivity contribution in [2.24, 2.45) is 0 Å². The minimum absolute atomic E-state index is 0.369. The average Bonchev–Trinajstić information content (AvgIpc) is 3.87. The number of fused-ring (bicyclic) bond motifs is 14. The third kappa shape index (κ3) is 3.33. The van der Waals surface area contributed by atoms with E-state index in [1.165, 1.54) is 54.9 Å². The van der Waals surface area contributed by atoms with Gasteiger partial charge in [-0.05, 0) is 76.2 Å². The molecule has 0 saturated heterocycles. The molecule has 0 aliphatic heterocycles. The number of hydrogen-bond acceptors (Lipinski definition) is 2. The van der Waals surface area contributed by atoms with Gasteiger partial charge in [0.25, 0.3) is 0 Å². The van der Waals surface area contributed by atoms with E-state index in [2.05, 4.69) is 140 Å². The third-order valence-electron chi connectivity index (χ3n) is 10.5. The molecule has 7 aromatic carbocycles. The van der Waals surface area contributed by atoms with Crippen LogP contribution >= 0.6 is 0 Å². The second-order valence-electron chi connectivity index (χ2n) is 13.5. The molecule has 3 nitrogen and oxygen atoms in total. The topological polar surface area (TPSA) is 30.7 Å². The van der Waals surface area contributed by atoms with E-state index in [1.54, 1.807) is 0 Å². The monoisotopic (exact) mass is 615 g/mol. The molecule has 0 radical (unpaired) electrons. The number of hydrogen-bond donors (Lipinski definition) is 0. The van der Waals surface area contributed by atoms with Crippen LogP contribution in [0.5, 0.6) is 0 Å². The predicted octanol–water partition coefficient (Wildman–Crippen LogP) is 13.1. The van der Waals surface area contributed by atoms with Crippen LogP contribution in [-0.4, -0.2) is 4.40 Å². The lowest BCUT2D eigenvalue weighted by Gasteiger charge is -2.16. The van der Waals surface area contributed by atoms with E-state index in [9.17, 15) is 0 Å². The lowest BCUT2D eigenvalue weighted by Crippen LogP contribution is -1.94. The fourth-order valence-corrected chi connectivity index (χ4v) is 8.32. The maximum atomic E-state index is 6.73. The molecule has 0 atom stereocenters. The highest BCUT2D eigenvalue weighted by Gasteiger charge is 2.26. The molecular formula is C45H29NO2. The smallest absolute Gasteiger partial charge is 0.160 e. The van der Waals surface area contributed by atoms with Gasteiger partial charge in [0.2, 0.25) is 0 Å². The van der Waals surface area contributed by atoms with Crippen molar-refractivity contribution in [3.63, 3.8) is 0 Å². The van der Waals surface area contributed by atoms with E-state index in [0.29, 0.717) is 5.92 Å². The molecular weight excluding hydrogens is 587 g/mol. The summed E-state index contributed by atoms with van der Waals surface area (Å²) in [6.07, 6.45) is 0. The standard InChI is InChI=1S/C45H29NO2/c1-25(2)29-17-16-27(26-10-4-3-5-11-26)22-36(29)28-23-37-32-18-20-34-30-12-6-8-14-39(30)47-44(34)42(32)46-41(37)38(24-28)33-19-21-35-31-13-7-9-15-40(31)48-45(35)43(33)46/h3-25H,1-2H3. The van der Waals surface area contributed by atoms with Gasteiger partial charge in [-0.1, -0.05) is 105 Å². The minimum Gasteiger partial charge on any atom is -0.454 e. The number of aromatic nitrogens is 1. The number of nitrogens with zero attached hydrogens (tertiary/aromatic N) is 1. The van der Waals surface area contributed by atoms with Crippen molar-refractivity contribution in [2.75, 3.05) is 0 Å². The molecule has 0 fully saturated rings. The summed E-state index contributed by atoms with van der Waals surface area (Å²) in [5.41, 5.74) is 13.3. The third-order valence-corrected chi connectivity index (χ3v) is 10.5. The second-order valence-corrected chi connectivity index (χ2v) is 13.5. The van der Waals surface area contributed by atoms with Gasteiger partial charge in [-0.2, -0.15) is 0 Å². The van der Waals surface area contributed by atoms with Gasteiger partial charge in [-0.15, -0.1) is 0 Å². The highest BCUT2D eigenvalue weighted by atomic mass is 16.3. The van der Waals surface area contributed by atoms with Crippen LogP contribution in [0.15, 0.2) is 142 Å². The summed E-state index contributed by atoms with van der Waals surface area (Å²) in [6, 6.07) is 48.2. The largest absolute Gasteiger partial charge is 0.454 e. The maximum Gasteiger partial charge on any atom is 0.160 e. The number of rotatable bonds is 3. The zero-order valence-corrected chi connectivity index (χ0v) is 26.5. The van der Waals surface area contributed by atoms with Gasteiger partial charge in [-0.3, -0.25) is 0 Å². The quantitative estimate of drug-likeness (QED) is 0.198. The van der Waals surface area contributed by atoms with Crippen LogP contribution < -0.4 is 0 Å². The van der Waals surface area contributed by atoms with Gasteiger partial charge in [0.05, 0.1) is 16.6 Å². The number of furan rings is 2. The molecule has 0 aliphatic rings. The molecule has 0 aliphatic carbocycles. The van der Waals surface area contributed by atoms with Crippen LogP contribution in [-0.2, 0) is 0 Å². The van der Waals surface area contributed by atoms with Crippen LogP contribution in [0.3, 0.4) is 0 Å². The van der Waals surface area contributed by atoms with Crippen molar-refractivity contribution < 1.29 is 8.83 Å². The summed E-state index contributed by atoms with van der Waals surface area (Å²) in [7, 11) is 0. The lowest BCUT2D eigenvalue weighted by atomic mass is 9.88. The normalized spacial score (nSPS) is 12.6. The van der Waals surface area contributed by atoms with Crippen LogP contribution in [0.25, 0.3) is 104 Å². The Morgan fingerprint density at radius 1 is 0.417 bits per heavy atom. The zero-order chi connectivity index (χ0) is 31.7. The van der Waals surface area contributed by atoms with Gasteiger partial charge in [-0.25, -0.2) is 0 Å². The van der Waals surface area contributed by atoms with Crippen LogP contribution in [0, 0.1) is 0 Å². The molecule has 3 heteroatoms. The molecule has 0 bridgehead atoms. The van der Waals surface area contributed by atoms with Crippen LogP contribution in [0.4, 0.5) is 0 Å². The van der Waals surface area contributed by atoms with Crippen molar-refractivity contribution >= 4 is 82.0 Å². The molecule has 4 heterocycles. The predicted molar refractivity (Wildman–Crippen MR) is 201 cm³/mol. The molecule has 0 unspecified atom stereocenters. The molecule has 0 N–H and O–H groups in total. The summed E-state index contributed by atoms with van der Waals surface area (Å²) in [6.45, 7) is 4.58. The van der Waals surface area contributed by atoms with Gasteiger partial charge < -0.3 is 13.2 Å². The van der Waals surface area contributed by atoms with Crippen molar-refractivity contribution in [3.05, 3.63) is 139 Å². The Balaban J connectivity index is 1.34. The summed E-state index contributed by atoms with van der Waals surface area (Å²) < 4.78 is 15.9. The van der Waals surface area contributed by atoms with E-state index in [1.807, 2.05) is 12.1 Å². The Labute approximate surface area is 275 Å². The highest BCUT2D eigenvalue weighted by Crippen LogP contribution is 2.48. The molecule has 48 heavy (non-hydrogen) atoms. The Kier molecular flexibility index (Phi) is 5.03. The first-order valence-electron chi connectivity index (χ1n) is 16.7. The van der Waals surface area contributed by atoms with E-state index in [-0.39, 0.29) is 0 Å². The number of benzene rings is 7. The van der Waals surface area contributed by atoms with Gasteiger partial charge >= 0.3 is 0 Å². The molecule has 0 spiro atoms. The summed E-state index contributed by atoms with van der Waals surface area (Å²) in [5.74, 6) is 0.369. The maximum absolute atomic E-state index is 6.73. The summed E-state index contributed by atoms with van der Waals surface area (Å²) in [4.78, 5) is 0. The molecule has 11 rings (SSSR count). The molecule has 226 valence electrons. The van der Waals surface area contributed by atoms with E-state index in [0.717, 1.165) is 54.9 Å². The number of para-hydroxylation sites is 2.